The smallest absolute Gasteiger partial charge is 0.293 e. The van der Waals surface area contributed by atoms with Crippen LogP contribution in [0, 0.1) is 0 Å². The van der Waals surface area contributed by atoms with Crippen molar-refractivity contribution in [2.24, 2.45) is 0 Å². The second-order valence-corrected chi connectivity index (χ2v) is 5.83. The first kappa shape index (κ1) is 15.7. The van der Waals surface area contributed by atoms with Crippen molar-refractivity contribution in [3.63, 3.8) is 0 Å². The molecule has 1 heterocycles. The van der Waals surface area contributed by atoms with Gasteiger partial charge in [-0.05, 0) is 36.7 Å². The largest absolute Gasteiger partial charge is 0.416 e. The number of nitrogens with zero attached hydrogens (tertiary/aromatic N) is 1. The average molecular weight is 358 g/mol. The van der Waals surface area contributed by atoms with E-state index in [2.05, 4.69) is 15.9 Å². The molecular weight excluding hydrogens is 345 g/mol. The summed E-state index contributed by atoms with van der Waals surface area (Å²) in [5, 5.41) is 0. The van der Waals surface area contributed by atoms with E-state index in [9.17, 15) is 22.0 Å². The van der Waals surface area contributed by atoms with Crippen LogP contribution >= 0.6 is 15.9 Å². The second kappa shape index (κ2) is 5.60. The summed E-state index contributed by atoms with van der Waals surface area (Å²) in [4.78, 5) is 1.49. The highest BCUT2D eigenvalue weighted by Gasteiger charge is 2.35. The first-order chi connectivity index (χ1) is 9.17. The van der Waals surface area contributed by atoms with Gasteiger partial charge in [-0.25, -0.2) is 8.78 Å². The van der Waals surface area contributed by atoms with Crippen molar-refractivity contribution in [3.8, 4) is 0 Å². The lowest BCUT2D eigenvalue weighted by Crippen LogP contribution is -2.42. The molecule has 0 aliphatic carbocycles. The Bertz CT molecular complexity index is 486. The Morgan fingerprint density at radius 2 is 1.95 bits per heavy atom. The standard InChI is InChI=1S/C13H13BrF5N/c14-11-3-2-10(13(17,18)19)6-9(11)7-20-5-1-4-12(15,16)8-20/h2-3,6H,1,4-5,7-8H2. The molecule has 0 amide bonds. The van der Waals surface area contributed by atoms with Crippen LogP contribution in [0.5, 0.6) is 0 Å². The third-order valence-corrected chi connectivity index (χ3v) is 4.01. The minimum Gasteiger partial charge on any atom is -0.293 e. The Kier molecular flexibility index (Phi) is 4.39. The molecule has 112 valence electrons. The SMILES string of the molecule is FC1(F)CCCN(Cc2cc(C(F)(F)F)ccc2Br)C1. The maximum atomic E-state index is 13.3. The summed E-state index contributed by atoms with van der Waals surface area (Å²) in [7, 11) is 0. The fourth-order valence-electron chi connectivity index (χ4n) is 2.29. The number of hydrogen-bond donors (Lipinski definition) is 0. The molecule has 0 aromatic heterocycles. The molecule has 1 aliphatic rings. The van der Waals surface area contributed by atoms with E-state index in [-0.39, 0.29) is 13.0 Å². The van der Waals surface area contributed by atoms with Crippen molar-refractivity contribution in [2.45, 2.75) is 31.5 Å². The van der Waals surface area contributed by atoms with E-state index >= 15 is 0 Å². The molecule has 0 bridgehead atoms. The van der Waals surface area contributed by atoms with E-state index in [1.807, 2.05) is 0 Å². The monoisotopic (exact) mass is 357 g/mol. The van der Waals surface area contributed by atoms with Gasteiger partial charge in [0.05, 0.1) is 12.1 Å². The van der Waals surface area contributed by atoms with Gasteiger partial charge in [-0.2, -0.15) is 13.2 Å². The van der Waals surface area contributed by atoms with Crippen LogP contribution in [-0.2, 0) is 12.7 Å². The highest BCUT2D eigenvalue weighted by molar-refractivity contribution is 9.10. The number of hydrogen-bond acceptors (Lipinski definition) is 1. The first-order valence-corrected chi connectivity index (χ1v) is 6.92. The van der Waals surface area contributed by atoms with Crippen LogP contribution in [0.15, 0.2) is 22.7 Å². The molecule has 0 radical (unpaired) electrons. The van der Waals surface area contributed by atoms with E-state index in [0.717, 1.165) is 12.1 Å². The average Bonchev–Trinajstić information content (AvgIpc) is 2.29. The van der Waals surface area contributed by atoms with Gasteiger partial charge in [0.15, 0.2) is 0 Å². The van der Waals surface area contributed by atoms with Crippen molar-refractivity contribution in [1.29, 1.82) is 0 Å². The third-order valence-electron chi connectivity index (χ3n) is 3.24. The molecule has 1 saturated heterocycles. The molecule has 1 aliphatic heterocycles. The van der Waals surface area contributed by atoms with Crippen molar-refractivity contribution >= 4 is 15.9 Å². The van der Waals surface area contributed by atoms with Crippen LogP contribution in [0.1, 0.15) is 24.0 Å². The molecule has 0 saturated carbocycles. The van der Waals surface area contributed by atoms with Crippen LogP contribution in [-0.4, -0.2) is 23.9 Å². The lowest BCUT2D eigenvalue weighted by molar-refractivity contribution is -0.137. The molecule has 0 spiro atoms. The minimum absolute atomic E-state index is 0.0834. The van der Waals surface area contributed by atoms with Crippen molar-refractivity contribution in [2.75, 3.05) is 13.1 Å². The molecule has 1 aromatic rings. The van der Waals surface area contributed by atoms with Gasteiger partial charge in [0, 0.05) is 17.4 Å². The molecule has 7 heteroatoms. The molecule has 0 unspecified atom stereocenters. The summed E-state index contributed by atoms with van der Waals surface area (Å²) in [6.07, 6.45) is -4.24. The van der Waals surface area contributed by atoms with Crippen LogP contribution in [0.25, 0.3) is 0 Å². The summed E-state index contributed by atoms with van der Waals surface area (Å²) in [6.45, 7) is 0.147. The normalized spacial score (nSPS) is 20.1. The summed E-state index contributed by atoms with van der Waals surface area (Å²) in [5.41, 5.74) is -0.392. The van der Waals surface area contributed by atoms with Crippen molar-refractivity contribution in [1.82, 2.24) is 4.90 Å². The molecule has 0 atom stereocenters. The lowest BCUT2D eigenvalue weighted by Gasteiger charge is -2.32. The van der Waals surface area contributed by atoms with Gasteiger partial charge in [-0.1, -0.05) is 15.9 Å². The molecule has 1 fully saturated rings. The van der Waals surface area contributed by atoms with Gasteiger partial charge < -0.3 is 0 Å². The van der Waals surface area contributed by atoms with Crippen LogP contribution in [0.3, 0.4) is 0 Å². The highest BCUT2D eigenvalue weighted by Crippen LogP contribution is 2.33. The van der Waals surface area contributed by atoms with E-state index in [1.54, 1.807) is 0 Å². The van der Waals surface area contributed by atoms with E-state index in [4.69, 9.17) is 0 Å². The highest BCUT2D eigenvalue weighted by atomic mass is 79.9. The Morgan fingerprint density at radius 1 is 1.25 bits per heavy atom. The van der Waals surface area contributed by atoms with Crippen molar-refractivity contribution in [3.05, 3.63) is 33.8 Å². The minimum atomic E-state index is -4.43. The molecule has 1 aromatic carbocycles. The summed E-state index contributed by atoms with van der Waals surface area (Å²) >= 11 is 3.17. The fraction of sp³-hybridized carbons (Fsp3) is 0.538. The first-order valence-electron chi connectivity index (χ1n) is 6.13. The van der Waals surface area contributed by atoms with E-state index in [1.165, 1.54) is 11.0 Å². The maximum Gasteiger partial charge on any atom is 0.416 e. The quantitative estimate of drug-likeness (QED) is 0.693. The Morgan fingerprint density at radius 3 is 2.55 bits per heavy atom. The van der Waals surface area contributed by atoms with Crippen LogP contribution in [0.2, 0.25) is 0 Å². The Hall–Kier alpha value is -0.690. The lowest BCUT2D eigenvalue weighted by atomic mass is 10.1. The van der Waals surface area contributed by atoms with Crippen molar-refractivity contribution < 1.29 is 22.0 Å². The van der Waals surface area contributed by atoms with Gasteiger partial charge >= 0.3 is 6.18 Å². The summed E-state index contributed by atoms with van der Waals surface area (Å²) < 4.78 is 65.0. The number of piperidine rings is 1. The molecule has 20 heavy (non-hydrogen) atoms. The van der Waals surface area contributed by atoms with E-state index < -0.39 is 24.2 Å². The summed E-state index contributed by atoms with van der Waals surface area (Å²) in [6, 6.07) is 3.29. The zero-order chi connectivity index (χ0) is 15.0. The predicted octanol–water partition coefficient (Wildman–Crippen LogP) is 4.70. The topological polar surface area (TPSA) is 3.24 Å². The van der Waals surface area contributed by atoms with Gasteiger partial charge in [-0.15, -0.1) is 0 Å². The maximum absolute atomic E-state index is 13.3. The van der Waals surface area contributed by atoms with Crippen LogP contribution < -0.4 is 0 Å². The molecule has 1 nitrogen and oxygen atoms in total. The van der Waals surface area contributed by atoms with Crippen LogP contribution in [0.4, 0.5) is 22.0 Å². The zero-order valence-corrected chi connectivity index (χ0v) is 12.1. The fourth-order valence-corrected chi connectivity index (χ4v) is 2.67. The van der Waals surface area contributed by atoms with E-state index in [0.29, 0.717) is 23.0 Å². The van der Waals surface area contributed by atoms with Gasteiger partial charge in [0.2, 0.25) is 0 Å². The number of alkyl halides is 5. The second-order valence-electron chi connectivity index (χ2n) is 4.97. The van der Waals surface area contributed by atoms with Gasteiger partial charge in [0.25, 0.3) is 5.92 Å². The van der Waals surface area contributed by atoms with Gasteiger partial charge in [0.1, 0.15) is 0 Å². The molecular formula is C13H13BrF5N. The Balaban J connectivity index is 2.16. The number of likely N-dealkylation sites (tertiary alicyclic amines) is 1. The predicted molar refractivity (Wildman–Crippen MR) is 68.6 cm³/mol. The number of rotatable bonds is 2. The molecule has 2 rings (SSSR count). The zero-order valence-electron chi connectivity index (χ0n) is 10.5. The number of halogens is 6. The third kappa shape index (κ3) is 3.91. The van der Waals surface area contributed by atoms with Gasteiger partial charge in [-0.3, -0.25) is 4.90 Å². The Labute approximate surface area is 121 Å². The number of benzene rings is 1. The molecule has 0 N–H and O–H groups in total. The summed E-state index contributed by atoms with van der Waals surface area (Å²) in [5.74, 6) is -2.76.